The molecule has 1 atom stereocenters. The number of piperidine rings is 1. The maximum atomic E-state index is 5.94. The highest BCUT2D eigenvalue weighted by Crippen LogP contribution is 2.32. The van der Waals surface area contributed by atoms with E-state index in [1.165, 1.54) is 32.4 Å². The molecular formula is C15H22INO2. The number of rotatable bonds is 6. The number of likely N-dealkylation sites (tertiary alicyclic amines) is 1. The first-order valence-electron chi connectivity index (χ1n) is 6.92. The summed E-state index contributed by atoms with van der Waals surface area (Å²) in [6.07, 6.45) is 4.05. The van der Waals surface area contributed by atoms with Gasteiger partial charge in [-0.2, -0.15) is 0 Å². The Hall–Kier alpha value is -0.330. The summed E-state index contributed by atoms with van der Waals surface area (Å²) in [7, 11) is 1.70. The van der Waals surface area contributed by atoms with Crippen LogP contribution in [-0.4, -0.2) is 38.3 Å². The van der Waals surface area contributed by atoms with E-state index in [0.717, 1.165) is 24.5 Å². The molecule has 2 rings (SSSR count). The summed E-state index contributed by atoms with van der Waals surface area (Å²) in [6.45, 7) is 4.27. The highest BCUT2D eigenvalue weighted by atomic mass is 127. The molecule has 0 spiro atoms. The molecule has 0 radical (unpaired) electrons. The van der Waals surface area contributed by atoms with Crippen LogP contribution in [0.15, 0.2) is 24.3 Å². The summed E-state index contributed by atoms with van der Waals surface area (Å²) in [6, 6.07) is 8.06. The van der Waals surface area contributed by atoms with Crippen molar-refractivity contribution in [1.82, 2.24) is 4.90 Å². The van der Waals surface area contributed by atoms with Gasteiger partial charge in [-0.1, -0.05) is 24.6 Å². The molecule has 1 aromatic carbocycles. The van der Waals surface area contributed by atoms with E-state index in [2.05, 4.69) is 33.6 Å². The fourth-order valence-electron chi connectivity index (χ4n) is 2.41. The molecule has 0 aromatic heterocycles. The maximum Gasteiger partial charge on any atom is 0.137 e. The van der Waals surface area contributed by atoms with Crippen LogP contribution < -0.4 is 4.74 Å². The van der Waals surface area contributed by atoms with Crippen molar-refractivity contribution in [2.24, 2.45) is 0 Å². The number of hydrogen-bond acceptors (Lipinski definition) is 3. The van der Waals surface area contributed by atoms with Gasteiger partial charge in [-0.05, 0) is 54.6 Å². The SMILES string of the molecule is COc1ccccc1C(I)OCCN1CCCCC1. The molecule has 0 aliphatic carbocycles. The number of nitrogens with zero attached hydrogens (tertiary/aromatic N) is 1. The van der Waals surface area contributed by atoms with Crippen LogP contribution in [0.3, 0.4) is 0 Å². The lowest BCUT2D eigenvalue weighted by Crippen LogP contribution is -2.32. The van der Waals surface area contributed by atoms with Crippen LogP contribution in [0.2, 0.25) is 0 Å². The lowest BCUT2D eigenvalue weighted by molar-refractivity contribution is 0.0877. The standard InChI is InChI=1S/C15H22INO2/c1-18-14-8-4-3-7-13(14)15(16)19-12-11-17-9-5-2-6-10-17/h3-4,7-8,15H,2,5-6,9-12H2,1H3. The smallest absolute Gasteiger partial charge is 0.137 e. The van der Waals surface area contributed by atoms with Crippen molar-refractivity contribution in [2.45, 2.75) is 23.4 Å². The van der Waals surface area contributed by atoms with Crippen LogP contribution >= 0.6 is 22.6 Å². The van der Waals surface area contributed by atoms with Crippen molar-refractivity contribution >= 4 is 22.6 Å². The van der Waals surface area contributed by atoms with Gasteiger partial charge in [0, 0.05) is 12.1 Å². The molecule has 0 bridgehead atoms. The van der Waals surface area contributed by atoms with E-state index < -0.39 is 0 Å². The van der Waals surface area contributed by atoms with E-state index in [0.29, 0.717) is 0 Å². The van der Waals surface area contributed by atoms with E-state index in [-0.39, 0.29) is 4.11 Å². The van der Waals surface area contributed by atoms with Gasteiger partial charge >= 0.3 is 0 Å². The summed E-state index contributed by atoms with van der Waals surface area (Å²) in [5, 5.41) is 0. The fraction of sp³-hybridized carbons (Fsp3) is 0.600. The van der Waals surface area contributed by atoms with E-state index in [9.17, 15) is 0 Å². The van der Waals surface area contributed by atoms with Crippen molar-refractivity contribution in [3.8, 4) is 5.75 Å². The van der Waals surface area contributed by atoms with Crippen LogP contribution in [0.5, 0.6) is 5.75 Å². The Kier molecular flexibility index (Phi) is 6.40. The average Bonchev–Trinajstić information content (AvgIpc) is 2.48. The summed E-state index contributed by atoms with van der Waals surface area (Å²) >= 11 is 2.33. The van der Waals surface area contributed by atoms with Crippen LogP contribution in [0, 0.1) is 0 Å². The Morgan fingerprint density at radius 2 is 1.95 bits per heavy atom. The Balaban J connectivity index is 1.78. The van der Waals surface area contributed by atoms with Crippen molar-refractivity contribution in [2.75, 3.05) is 33.4 Å². The molecule has 1 aliphatic rings. The minimum atomic E-state index is 0.0542. The molecule has 1 aliphatic heterocycles. The monoisotopic (exact) mass is 375 g/mol. The Bertz CT molecular complexity index is 380. The van der Waals surface area contributed by atoms with Crippen molar-refractivity contribution in [3.05, 3.63) is 29.8 Å². The van der Waals surface area contributed by atoms with Gasteiger partial charge in [-0.25, -0.2) is 0 Å². The second-order valence-electron chi connectivity index (χ2n) is 4.83. The number of alkyl halides is 1. The van der Waals surface area contributed by atoms with Gasteiger partial charge in [0.25, 0.3) is 0 Å². The first-order chi connectivity index (χ1) is 9.31. The minimum Gasteiger partial charge on any atom is -0.496 e. The molecule has 0 N–H and O–H groups in total. The summed E-state index contributed by atoms with van der Waals surface area (Å²) in [5.41, 5.74) is 1.12. The van der Waals surface area contributed by atoms with Gasteiger partial charge < -0.3 is 14.4 Å². The maximum absolute atomic E-state index is 5.94. The average molecular weight is 375 g/mol. The molecule has 1 heterocycles. The molecule has 106 valence electrons. The lowest BCUT2D eigenvalue weighted by Gasteiger charge is -2.26. The van der Waals surface area contributed by atoms with Crippen LogP contribution in [0.25, 0.3) is 0 Å². The third-order valence-corrected chi connectivity index (χ3v) is 4.53. The topological polar surface area (TPSA) is 21.7 Å². The first-order valence-corrected chi connectivity index (χ1v) is 8.17. The highest BCUT2D eigenvalue weighted by Gasteiger charge is 2.14. The predicted molar refractivity (Wildman–Crippen MR) is 86.0 cm³/mol. The first kappa shape index (κ1) is 15.1. The highest BCUT2D eigenvalue weighted by molar-refractivity contribution is 14.1. The van der Waals surface area contributed by atoms with E-state index in [1.54, 1.807) is 7.11 Å². The Labute approximate surface area is 129 Å². The molecule has 0 amide bonds. The second-order valence-corrected chi connectivity index (χ2v) is 5.96. The zero-order valence-electron chi connectivity index (χ0n) is 11.5. The van der Waals surface area contributed by atoms with Crippen LogP contribution in [0.1, 0.15) is 28.9 Å². The van der Waals surface area contributed by atoms with Crippen molar-refractivity contribution < 1.29 is 9.47 Å². The van der Waals surface area contributed by atoms with Gasteiger partial charge in [0.05, 0.1) is 13.7 Å². The number of para-hydroxylation sites is 1. The number of ether oxygens (including phenoxy) is 2. The summed E-state index contributed by atoms with van der Waals surface area (Å²) < 4.78 is 11.4. The number of methoxy groups -OCH3 is 1. The predicted octanol–water partition coefficient (Wildman–Crippen LogP) is 3.63. The van der Waals surface area contributed by atoms with Crippen LogP contribution in [-0.2, 0) is 4.74 Å². The quantitative estimate of drug-likeness (QED) is 0.560. The molecular weight excluding hydrogens is 353 g/mol. The van der Waals surface area contributed by atoms with Crippen LogP contribution in [0.4, 0.5) is 0 Å². The normalized spacial score (nSPS) is 18.2. The number of halogens is 1. The summed E-state index contributed by atoms with van der Waals surface area (Å²) in [4.78, 5) is 2.50. The molecule has 1 fully saturated rings. The van der Waals surface area contributed by atoms with Gasteiger partial charge in [0.1, 0.15) is 9.86 Å². The summed E-state index contributed by atoms with van der Waals surface area (Å²) in [5.74, 6) is 0.903. The molecule has 1 unspecified atom stereocenters. The molecule has 0 saturated carbocycles. The molecule has 3 nitrogen and oxygen atoms in total. The zero-order chi connectivity index (χ0) is 13.5. The Morgan fingerprint density at radius 3 is 2.68 bits per heavy atom. The van der Waals surface area contributed by atoms with Gasteiger partial charge in [-0.3, -0.25) is 0 Å². The third-order valence-electron chi connectivity index (χ3n) is 3.50. The van der Waals surface area contributed by atoms with Gasteiger partial charge in [0.15, 0.2) is 0 Å². The van der Waals surface area contributed by atoms with E-state index >= 15 is 0 Å². The molecule has 1 aromatic rings. The lowest BCUT2D eigenvalue weighted by atomic mass is 10.1. The molecule has 4 heteroatoms. The minimum absolute atomic E-state index is 0.0542. The number of hydrogen-bond donors (Lipinski definition) is 0. The van der Waals surface area contributed by atoms with Gasteiger partial charge in [-0.15, -0.1) is 0 Å². The second kappa shape index (κ2) is 8.07. The number of benzene rings is 1. The molecule has 19 heavy (non-hydrogen) atoms. The van der Waals surface area contributed by atoms with Crippen molar-refractivity contribution in [3.63, 3.8) is 0 Å². The van der Waals surface area contributed by atoms with Crippen molar-refractivity contribution in [1.29, 1.82) is 0 Å². The van der Waals surface area contributed by atoms with Gasteiger partial charge in [0.2, 0.25) is 0 Å². The Morgan fingerprint density at radius 1 is 1.21 bits per heavy atom. The largest absolute Gasteiger partial charge is 0.496 e. The third kappa shape index (κ3) is 4.61. The molecule has 1 saturated heterocycles. The van der Waals surface area contributed by atoms with E-state index in [4.69, 9.17) is 9.47 Å². The van der Waals surface area contributed by atoms with E-state index in [1.807, 2.05) is 18.2 Å². The fourth-order valence-corrected chi connectivity index (χ4v) is 3.18. The zero-order valence-corrected chi connectivity index (χ0v) is 13.6.